The van der Waals surface area contributed by atoms with E-state index in [0.29, 0.717) is 18.8 Å². The summed E-state index contributed by atoms with van der Waals surface area (Å²) in [7, 11) is 0. The van der Waals surface area contributed by atoms with Crippen molar-refractivity contribution < 1.29 is 19.1 Å². The monoisotopic (exact) mass is 273 g/mol. The van der Waals surface area contributed by atoms with E-state index in [1.807, 2.05) is 18.2 Å². The molecular formula is C15H15NO4. The lowest BCUT2D eigenvalue weighted by Crippen LogP contribution is -2.30. The van der Waals surface area contributed by atoms with Crippen LogP contribution in [-0.4, -0.2) is 23.7 Å². The van der Waals surface area contributed by atoms with Gasteiger partial charge in [-0.1, -0.05) is 18.2 Å². The van der Waals surface area contributed by atoms with E-state index in [9.17, 15) is 4.79 Å². The summed E-state index contributed by atoms with van der Waals surface area (Å²) >= 11 is 0. The highest BCUT2D eigenvalue weighted by Gasteiger charge is 2.22. The van der Waals surface area contributed by atoms with Gasteiger partial charge in [0.1, 0.15) is 23.2 Å². The Balaban J connectivity index is 1.52. The Hall–Kier alpha value is -2.27. The molecule has 0 spiro atoms. The van der Waals surface area contributed by atoms with Crippen LogP contribution in [0.15, 0.2) is 41.0 Å². The number of aromatic carboxylic acids is 1. The molecule has 0 saturated heterocycles. The van der Waals surface area contributed by atoms with Crippen LogP contribution in [-0.2, 0) is 13.0 Å². The minimum Gasteiger partial charge on any atom is -0.488 e. The summed E-state index contributed by atoms with van der Waals surface area (Å²) in [5.74, 6) is 0.400. The summed E-state index contributed by atoms with van der Waals surface area (Å²) in [5, 5.41) is 12.1. The van der Waals surface area contributed by atoms with Crippen LogP contribution in [0.1, 0.15) is 21.7 Å². The second-order valence-corrected chi connectivity index (χ2v) is 4.75. The molecule has 104 valence electrons. The molecule has 2 heterocycles. The number of benzene rings is 1. The van der Waals surface area contributed by atoms with E-state index in [0.717, 1.165) is 12.2 Å². The number of para-hydroxylation sites is 1. The fourth-order valence-electron chi connectivity index (χ4n) is 2.38. The number of rotatable bonds is 5. The lowest BCUT2D eigenvalue weighted by molar-refractivity contribution is 0.0694. The fourth-order valence-corrected chi connectivity index (χ4v) is 2.38. The number of fused-ring (bicyclic) bond motifs is 1. The first kappa shape index (κ1) is 12.7. The molecule has 0 fully saturated rings. The Morgan fingerprint density at radius 1 is 1.35 bits per heavy atom. The highest BCUT2D eigenvalue weighted by molar-refractivity contribution is 5.88. The van der Waals surface area contributed by atoms with Crippen LogP contribution in [0, 0.1) is 0 Å². The maximum atomic E-state index is 10.9. The number of hydrogen-bond acceptors (Lipinski definition) is 4. The summed E-state index contributed by atoms with van der Waals surface area (Å²) in [4.78, 5) is 10.9. The third-order valence-electron chi connectivity index (χ3n) is 3.35. The summed E-state index contributed by atoms with van der Waals surface area (Å²) < 4.78 is 11.0. The Morgan fingerprint density at radius 3 is 3.00 bits per heavy atom. The molecule has 5 heteroatoms. The number of carboxylic acids is 1. The number of carbonyl (C=O) groups is 1. The highest BCUT2D eigenvalue weighted by atomic mass is 16.5. The highest BCUT2D eigenvalue weighted by Crippen LogP contribution is 2.27. The van der Waals surface area contributed by atoms with Gasteiger partial charge < -0.3 is 19.6 Å². The van der Waals surface area contributed by atoms with Crippen LogP contribution >= 0.6 is 0 Å². The number of hydrogen-bond donors (Lipinski definition) is 2. The summed E-state index contributed by atoms with van der Waals surface area (Å²) in [6.45, 7) is 1.03. The van der Waals surface area contributed by atoms with Crippen molar-refractivity contribution in [2.24, 2.45) is 0 Å². The molecular weight excluding hydrogens is 258 g/mol. The number of carboxylic acid groups (broad SMARTS) is 1. The largest absolute Gasteiger partial charge is 0.488 e. The zero-order valence-corrected chi connectivity index (χ0v) is 10.8. The van der Waals surface area contributed by atoms with Crippen LogP contribution in [0.3, 0.4) is 0 Å². The first-order valence-electron chi connectivity index (χ1n) is 6.49. The van der Waals surface area contributed by atoms with E-state index >= 15 is 0 Å². The zero-order chi connectivity index (χ0) is 13.9. The minimum atomic E-state index is -0.972. The van der Waals surface area contributed by atoms with Gasteiger partial charge in [0.25, 0.3) is 0 Å². The van der Waals surface area contributed by atoms with Gasteiger partial charge in [0.05, 0.1) is 12.8 Å². The van der Waals surface area contributed by atoms with Crippen molar-refractivity contribution >= 4 is 5.97 Å². The van der Waals surface area contributed by atoms with E-state index in [1.54, 1.807) is 0 Å². The predicted octanol–water partition coefficient (Wildman–Crippen LogP) is 2.07. The van der Waals surface area contributed by atoms with Crippen molar-refractivity contribution in [3.05, 3.63) is 53.5 Å². The molecule has 3 rings (SSSR count). The van der Waals surface area contributed by atoms with Gasteiger partial charge in [0.2, 0.25) is 0 Å². The molecule has 1 aliphatic rings. The van der Waals surface area contributed by atoms with E-state index in [4.69, 9.17) is 14.3 Å². The molecule has 0 amide bonds. The van der Waals surface area contributed by atoms with Gasteiger partial charge in [-0.05, 0) is 17.7 Å². The van der Waals surface area contributed by atoms with Crippen molar-refractivity contribution in [3.8, 4) is 5.75 Å². The van der Waals surface area contributed by atoms with Crippen molar-refractivity contribution in [2.45, 2.75) is 19.1 Å². The third kappa shape index (κ3) is 2.53. The van der Waals surface area contributed by atoms with Crippen molar-refractivity contribution in [1.82, 2.24) is 5.32 Å². The Kier molecular flexibility index (Phi) is 3.43. The molecule has 1 aliphatic heterocycles. The molecule has 2 aromatic rings. The van der Waals surface area contributed by atoms with Crippen LogP contribution in [0.5, 0.6) is 5.75 Å². The minimum absolute atomic E-state index is 0.0793. The molecule has 1 atom stereocenters. The quantitative estimate of drug-likeness (QED) is 0.872. The van der Waals surface area contributed by atoms with Crippen molar-refractivity contribution in [2.75, 3.05) is 6.54 Å². The number of ether oxygens (including phenoxy) is 1. The molecule has 0 bridgehead atoms. The van der Waals surface area contributed by atoms with Crippen LogP contribution < -0.4 is 10.1 Å². The van der Waals surface area contributed by atoms with Gasteiger partial charge >= 0.3 is 5.97 Å². The second-order valence-electron chi connectivity index (χ2n) is 4.75. The molecule has 20 heavy (non-hydrogen) atoms. The average Bonchev–Trinajstić information content (AvgIpc) is 3.04. The van der Waals surface area contributed by atoms with Crippen molar-refractivity contribution in [1.29, 1.82) is 0 Å². The summed E-state index contributed by atoms with van der Waals surface area (Å²) in [6.07, 6.45) is 2.34. The van der Waals surface area contributed by atoms with Crippen LogP contribution in [0.2, 0.25) is 0 Å². The lowest BCUT2D eigenvalue weighted by Gasteiger charge is -2.11. The molecule has 0 radical (unpaired) electrons. The summed E-state index contributed by atoms with van der Waals surface area (Å²) in [6, 6.07) is 9.44. The second kappa shape index (κ2) is 5.38. The number of furan rings is 1. The molecule has 1 unspecified atom stereocenters. The fraction of sp³-hybridized carbons (Fsp3) is 0.267. The standard InChI is InChI=1S/C15H15NO4/c17-15(18)12-5-6-19-14(12)9-16-8-11-7-10-3-1-2-4-13(10)20-11/h1-6,11,16H,7-9H2,(H,17,18). The van der Waals surface area contributed by atoms with E-state index in [-0.39, 0.29) is 11.7 Å². The molecule has 0 aliphatic carbocycles. The lowest BCUT2D eigenvalue weighted by atomic mass is 10.1. The van der Waals surface area contributed by atoms with E-state index in [1.165, 1.54) is 17.9 Å². The maximum absolute atomic E-state index is 10.9. The first-order valence-corrected chi connectivity index (χ1v) is 6.49. The SMILES string of the molecule is O=C(O)c1ccoc1CNCC1Cc2ccccc2O1. The molecule has 1 aromatic heterocycles. The van der Waals surface area contributed by atoms with Crippen LogP contribution in [0.25, 0.3) is 0 Å². The molecule has 5 nitrogen and oxygen atoms in total. The molecule has 1 aromatic carbocycles. The van der Waals surface area contributed by atoms with Crippen molar-refractivity contribution in [3.63, 3.8) is 0 Å². The first-order chi connectivity index (χ1) is 9.74. The Labute approximate surface area is 116 Å². The van der Waals surface area contributed by atoms with Gasteiger partial charge in [-0.25, -0.2) is 4.79 Å². The van der Waals surface area contributed by atoms with Gasteiger partial charge in [0.15, 0.2) is 0 Å². The smallest absolute Gasteiger partial charge is 0.339 e. The zero-order valence-electron chi connectivity index (χ0n) is 10.8. The molecule has 0 saturated carbocycles. The normalized spacial score (nSPS) is 16.7. The van der Waals surface area contributed by atoms with Crippen LogP contribution in [0.4, 0.5) is 0 Å². The maximum Gasteiger partial charge on any atom is 0.339 e. The third-order valence-corrected chi connectivity index (χ3v) is 3.35. The van der Waals surface area contributed by atoms with Gasteiger partial charge in [0, 0.05) is 13.0 Å². The van der Waals surface area contributed by atoms with Gasteiger partial charge in [-0.15, -0.1) is 0 Å². The van der Waals surface area contributed by atoms with E-state index < -0.39 is 5.97 Å². The summed E-state index contributed by atoms with van der Waals surface area (Å²) in [5.41, 5.74) is 1.41. The Bertz CT molecular complexity index is 595. The van der Waals surface area contributed by atoms with Gasteiger partial charge in [-0.2, -0.15) is 0 Å². The number of nitrogens with one attached hydrogen (secondary N) is 1. The Morgan fingerprint density at radius 2 is 2.20 bits per heavy atom. The topological polar surface area (TPSA) is 71.7 Å². The van der Waals surface area contributed by atoms with E-state index in [2.05, 4.69) is 11.4 Å². The molecule has 2 N–H and O–H groups in total. The average molecular weight is 273 g/mol. The predicted molar refractivity (Wildman–Crippen MR) is 71.9 cm³/mol. The van der Waals surface area contributed by atoms with Gasteiger partial charge in [-0.3, -0.25) is 0 Å².